The zero-order valence-electron chi connectivity index (χ0n) is 25.6. The number of nitrogens with one attached hydrogen (secondary N) is 1. The second-order valence-electron chi connectivity index (χ2n) is 11.1. The molecule has 2 aromatic carbocycles. The first-order chi connectivity index (χ1) is 21.2. The van der Waals surface area contributed by atoms with E-state index in [1.165, 1.54) is 23.5 Å². The van der Waals surface area contributed by atoms with Gasteiger partial charge in [-0.25, -0.2) is 4.99 Å². The third kappa shape index (κ3) is 13.8. The average molecular weight is 699 g/mol. The number of halogens is 5. The molecule has 0 aliphatic carbocycles. The summed E-state index contributed by atoms with van der Waals surface area (Å²) in [4.78, 5) is 6.32. The maximum atomic E-state index is 12.8. The number of hydrogen-bond acceptors (Lipinski definition) is 7. The molecule has 7 N–H and O–H groups in total. The Hall–Kier alpha value is -2.49. The minimum absolute atomic E-state index is 0.156. The van der Waals surface area contributed by atoms with Crippen molar-refractivity contribution in [1.82, 2.24) is 4.72 Å². The van der Waals surface area contributed by atoms with Gasteiger partial charge in [0.15, 0.2) is 0 Å². The second-order valence-corrected chi connectivity index (χ2v) is 13.2. The number of thiophene rings is 1. The molecular weight excluding hydrogens is 658 g/mol. The first-order valence-electron chi connectivity index (χ1n) is 14.3. The number of thiol groups is 1. The van der Waals surface area contributed by atoms with Crippen molar-refractivity contribution in [3.8, 4) is 11.8 Å². The Labute approximate surface area is 284 Å². The lowest BCUT2D eigenvalue weighted by molar-refractivity contribution is -0.137. The van der Waals surface area contributed by atoms with Gasteiger partial charge in [0.05, 0.1) is 31.7 Å². The van der Waals surface area contributed by atoms with Gasteiger partial charge in [-0.15, -0.1) is 11.3 Å². The minimum Gasteiger partial charge on any atom is -0.402 e. The Kier molecular flexibility index (Phi) is 16.0. The molecule has 0 spiro atoms. The Bertz CT molecular complexity index is 1500. The molecule has 5 nitrogen and oxygen atoms in total. The highest BCUT2D eigenvalue weighted by Gasteiger charge is 2.29. The SMILES string of the molecule is CC(C)(C)NS.NCCCCCC/C(N)=C(\CN)C(=Nc1ccc(Cl)cc1Cl)c1ccc(C#Cc2ccc(C(F)(F)F)cc2)s1. The lowest BCUT2D eigenvalue weighted by Crippen LogP contribution is -2.27. The van der Waals surface area contributed by atoms with E-state index >= 15 is 0 Å². The fraction of sp³-hybridized carbons (Fsp3) is 0.364. The number of alkyl halides is 3. The molecule has 1 heterocycles. The van der Waals surface area contributed by atoms with Crippen molar-refractivity contribution in [3.63, 3.8) is 0 Å². The third-order valence-electron chi connectivity index (χ3n) is 6.14. The normalized spacial score (nSPS) is 12.6. The van der Waals surface area contributed by atoms with E-state index in [4.69, 9.17) is 45.4 Å². The van der Waals surface area contributed by atoms with Crippen molar-refractivity contribution in [2.75, 3.05) is 13.1 Å². The largest absolute Gasteiger partial charge is 0.416 e. The maximum Gasteiger partial charge on any atom is 0.416 e. The number of allylic oxidation sites excluding steroid dienone is 1. The van der Waals surface area contributed by atoms with Gasteiger partial charge in [0.1, 0.15) is 0 Å². The number of benzene rings is 2. The first kappa shape index (κ1) is 38.7. The highest BCUT2D eigenvalue weighted by molar-refractivity contribution is 7.78. The molecule has 0 saturated heterocycles. The minimum atomic E-state index is -4.39. The predicted octanol–water partition coefficient (Wildman–Crippen LogP) is 8.89. The van der Waals surface area contributed by atoms with Crippen molar-refractivity contribution in [3.05, 3.63) is 96.8 Å². The monoisotopic (exact) mass is 697 g/mol. The molecule has 0 bridgehead atoms. The van der Waals surface area contributed by atoms with Crippen LogP contribution in [-0.4, -0.2) is 24.3 Å². The van der Waals surface area contributed by atoms with Gasteiger partial charge in [0, 0.05) is 33.9 Å². The Balaban J connectivity index is 0.00000107. The number of nitrogens with zero attached hydrogens (tertiary/aromatic N) is 1. The Morgan fingerprint density at radius 1 is 0.933 bits per heavy atom. The number of unbranched alkanes of at least 4 members (excludes halogenated alkanes) is 3. The van der Waals surface area contributed by atoms with Crippen LogP contribution in [0.2, 0.25) is 10.0 Å². The van der Waals surface area contributed by atoms with Gasteiger partial charge in [-0.1, -0.05) is 60.7 Å². The van der Waals surface area contributed by atoms with Crippen LogP contribution in [0.4, 0.5) is 18.9 Å². The van der Waals surface area contributed by atoms with E-state index in [1.54, 1.807) is 18.2 Å². The number of rotatable bonds is 10. The quantitative estimate of drug-likeness (QED) is 0.0632. The number of aliphatic imine (C=N–C) groups is 1. The predicted molar refractivity (Wildman–Crippen MR) is 189 cm³/mol. The molecule has 0 fully saturated rings. The summed E-state index contributed by atoms with van der Waals surface area (Å²) in [5, 5.41) is 0.875. The van der Waals surface area contributed by atoms with Crippen LogP contribution in [0.5, 0.6) is 0 Å². The van der Waals surface area contributed by atoms with E-state index in [-0.39, 0.29) is 12.1 Å². The van der Waals surface area contributed by atoms with Gasteiger partial charge in [0.2, 0.25) is 0 Å². The summed E-state index contributed by atoms with van der Waals surface area (Å²) in [7, 11) is 0. The average Bonchev–Trinajstić information content (AvgIpc) is 3.45. The lowest BCUT2D eigenvalue weighted by Gasteiger charge is -2.14. The smallest absolute Gasteiger partial charge is 0.402 e. The van der Waals surface area contributed by atoms with Gasteiger partial charge < -0.3 is 17.2 Å². The standard InChI is InChI=1S/C29H29Cl2F3N4S.C4H11NS/c30-21-11-14-26(24(31)17-21)38-28(23(18-36)25(37)5-3-1-2-4-16-35)27-15-13-22(39-27)12-8-19-6-9-20(10-7-19)29(32,33)34;1-4(2,3)5-6/h6-7,9-11,13-15,17H,1-5,16,18,35-37H2;5-6H,1-3H3/b25-23-,38-28?;. The van der Waals surface area contributed by atoms with Gasteiger partial charge in [-0.05, 0) is 101 Å². The summed E-state index contributed by atoms with van der Waals surface area (Å²) < 4.78 is 41.3. The lowest BCUT2D eigenvalue weighted by atomic mass is 10.0. The highest BCUT2D eigenvalue weighted by atomic mass is 35.5. The molecule has 0 unspecified atom stereocenters. The van der Waals surface area contributed by atoms with Crippen LogP contribution in [0.3, 0.4) is 0 Å². The van der Waals surface area contributed by atoms with E-state index in [0.29, 0.717) is 56.1 Å². The van der Waals surface area contributed by atoms with Crippen molar-refractivity contribution in [2.24, 2.45) is 22.2 Å². The van der Waals surface area contributed by atoms with Crippen LogP contribution < -0.4 is 21.9 Å². The van der Waals surface area contributed by atoms with E-state index < -0.39 is 11.7 Å². The summed E-state index contributed by atoms with van der Waals surface area (Å²) in [6, 6.07) is 13.5. The number of nitrogens with two attached hydrogens (primary N) is 3. The van der Waals surface area contributed by atoms with Gasteiger partial charge in [-0.2, -0.15) is 13.2 Å². The molecule has 45 heavy (non-hydrogen) atoms. The van der Waals surface area contributed by atoms with Crippen LogP contribution in [0, 0.1) is 11.8 Å². The highest BCUT2D eigenvalue weighted by Crippen LogP contribution is 2.32. The zero-order valence-corrected chi connectivity index (χ0v) is 28.8. The van der Waals surface area contributed by atoms with Crippen LogP contribution >= 0.6 is 47.4 Å². The third-order valence-corrected chi connectivity index (χ3v) is 8.35. The van der Waals surface area contributed by atoms with Crippen molar-refractivity contribution < 1.29 is 13.2 Å². The molecule has 3 aromatic rings. The van der Waals surface area contributed by atoms with Crippen molar-refractivity contribution in [2.45, 2.75) is 64.6 Å². The fourth-order valence-corrected chi connectivity index (χ4v) is 5.04. The molecule has 12 heteroatoms. The molecular formula is C33H40Cl2F3N5S2. The second kappa shape index (κ2) is 18.6. The number of hydrogen-bond donors (Lipinski definition) is 5. The molecule has 0 saturated carbocycles. The summed E-state index contributed by atoms with van der Waals surface area (Å²) in [5.74, 6) is 5.93. The molecule has 0 aliphatic heterocycles. The summed E-state index contributed by atoms with van der Waals surface area (Å²) >= 11 is 17.7. The molecule has 0 aliphatic rings. The molecule has 0 radical (unpaired) electrons. The van der Waals surface area contributed by atoms with Gasteiger partial charge in [0.25, 0.3) is 0 Å². The zero-order chi connectivity index (χ0) is 33.6. The van der Waals surface area contributed by atoms with Gasteiger partial charge >= 0.3 is 6.18 Å². The Morgan fingerprint density at radius 3 is 2.13 bits per heavy atom. The van der Waals surface area contributed by atoms with Crippen molar-refractivity contribution in [1.29, 1.82) is 0 Å². The molecule has 3 rings (SSSR count). The summed E-state index contributed by atoms with van der Waals surface area (Å²) in [5.41, 5.74) is 20.7. The van der Waals surface area contributed by atoms with Crippen LogP contribution in [0.1, 0.15) is 73.8 Å². The van der Waals surface area contributed by atoms with Crippen molar-refractivity contribution >= 4 is 58.8 Å². The summed E-state index contributed by atoms with van der Waals surface area (Å²) in [6.07, 6.45) is 0.191. The first-order valence-corrected chi connectivity index (χ1v) is 16.3. The topological polar surface area (TPSA) is 102 Å². The summed E-state index contributed by atoms with van der Waals surface area (Å²) in [6.45, 7) is 7.00. The van der Waals surface area contributed by atoms with Crippen LogP contribution in [0.15, 0.2) is 70.9 Å². The van der Waals surface area contributed by atoms with Crippen LogP contribution in [0.25, 0.3) is 0 Å². The molecule has 0 atom stereocenters. The van der Waals surface area contributed by atoms with E-state index in [2.05, 4.69) is 50.1 Å². The molecule has 0 amide bonds. The van der Waals surface area contributed by atoms with E-state index in [0.717, 1.165) is 42.7 Å². The van der Waals surface area contributed by atoms with E-state index in [9.17, 15) is 13.2 Å². The Morgan fingerprint density at radius 2 is 1.58 bits per heavy atom. The maximum absolute atomic E-state index is 12.8. The fourth-order valence-electron chi connectivity index (χ4n) is 3.72. The van der Waals surface area contributed by atoms with Crippen LogP contribution in [-0.2, 0) is 6.18 Å². The molecule has 1 aromatic heterocycles. The molecule has 244 valence electrons. The van der Waals surface area contributed by atoms with Gasteiger partial charge in [-0.3, -0.25) is 4.72 Å². The van der Waals surface area contributed by atoms with E-state index in [1.807, 2.05) is 12.1 Å².